The van der Waals surface area contributed by atoms with E-state index < -0.39 is 0 Å². The molecule has 0 amide bonds. The predicted molar refractivity (Wildman–Crippen MR) is 87.7 cm³/mol. The minimum atomic E-state index is 0.0434. The Morgan fingerprint density at radius 1 is 1.23 bits per heavy atom. The second-order valence-corrected chi connectivity index (χ2v) is 5.09. The fourth-order valence-corrected chi connectivity index (χ4v) is 1.76. The van der Waals surface area contributed by atoms with Gasteiger partial charge in [-0.05, 0) is 45.0 Å². The highest BCUT2D eigenvalue weighted by Gasteiger charge is 2.00. The lowest BCUT2D eigenvalue weighted by atomic mass is 10.1. The number of Topliss-reactive ketones (excluding diaryl/α,β-unsaturated/α-hetero) is 1. The zero-order valence-corrected chi connectivity index (χ0v) is 13.6. The fourth-order valence-electron chi connectivity index (χ4n) is 1.76. The molecule has 1 aromatic carbocycles. The summed E-state index contributed by atoms with van der Waals surface area (Å²) in [7, 11) is 1.95. The highest BCUT2D eigenvalue weighted by Crippen LogP contribution is 2.11. The van der Waals surface area contributed by atoms with Crippen LogP contribution in [0.1, 0.15) is 37.4 Å². The first kappa shape index (κ1) is 18.4. The van der Waals surface area contributed by atoms with Crippen LogP contribution < -0.4 is 5.32 Å². The van der Waals surface area contributed by atoms with Gasteiger partial charge >= 0.3 is 0 Å². The summed E-state index contributed by atoms with van der Waals surface area (Å²) in [6, 6.07) is 8.55. The number of rotatable bonds is 9. The smallest absolute Gasteiger partial charge is 0.155 e. The first-order chi connectivity index (χ1) is 10.6. The molecule has 4 nitrogen and oxygen atoms in total. The monoisotopic (exact) mass is 303 g/mol. The zero-order valence-electron chi connectivity index (χ0n) is 13.6. The molecule has 0 heterocycles. The van der Waals surface area contributed by atoms with Crippen molar-refractivity contribution in [1.29, 1.82) is 0 Å². The highest BCUT2D eigenvalue weighted by atomic mass is 16.5. The molecule has 22 heavy (non-hydrogen) atoms. The van der Waals surface area contributed by atoms with Crippen molar-refractivity contribution in [1.82, 2.24) is 5.32 Å². The van der Waals surface area contributed by atoms with Gasteiger partial charge in [0.15, 0.2) is 5.78 Å². The van der Waals surface area contributed by atoms with Crippen LogP contribution in [0.2, 0.25) is 0 Å². The van der Waals surface area contributed by atoms with Crippen LogP contribution in [0.25, 0.3) is 0 Å². The fraction of sp³-hybridized carbons (Fsp3) is 0.500. The number of ketones is 1. The molecule has 0 aliphatic heterocycles. The lowest BCUT2D eigenvalue weighted by Gasteiger charge is -2.09. The molecule has 0 aromatic heterocycles. The van der Waals surface area contributed by atoms with E-state index in [0.29, 0.717) is 25.9 Å². The number of nitrogens with one attached hydrogen (secondary N) is 1. The Kier molecular flexibility index (Phi) is 9.17. The molecule has 0 aliphatic rings. The summed E-state index contributed by atoms with van der Waals surface area (Å²) in [6.45, 7) is 5.35. The summed E-state index contributed by atoms with van der Waals surface area (Å²) >= 11 is 0. The van der Waals surface area contributed by atoms with Crippen molar-refractivity contribution in [3.63, 3.8) is 0 Å². The van der Waals surface area contributed by atoms with Crippen LogP contribution in [0.3, 0.4) is 0 Å². The summed E-state index contributed by atoms with van der Waals surface area (Å²) in [6.07, 6.45) is 0.769. The zero-order chi connectivity index (χ0) is 16.2. The average Bonchev–Trinajstić information content (AvgIpc) is 2.53. The van der Waals surface area contributed by atoms with Gasteiger partial charge in [0, 0.05) is 18.2 Å². The third kappa shape index (κ3) is 7.94. The molecule has 0 spiro atoms. The van der Waals surface area contributed by atoms with Gasteiger partial charge in [-0.15, -0.1) is 0 Å². The Hall–Kier alpha value is -1.67. The SMILES string of the molecule is CNC(C)c1ccc(C#CCOCCCOCC(C)=O)cc1. The van der Waals surface area contributed by atoms with E-state index in [0.717, 1.165) is 12.0 Å². The molecular formula is C18H25NO3. The lowest BCUT2D eigenvalue weighted by Crippen LogP contribution is -2.11. The van der Waals surface area contributed by atoms with Gasteiger partial charge in [-0.3, -0.25) is 4.79 Å². The summed E-state index contributed by atoms with van der Waals surface area (Å²) < 4.78 is 10.5. The topological polar surface area (TPSA) is 47.6 Å². The first-order valence-corrected chi connectivity index (χ1v) is 7.54. The largest absolute Gasteiger partial charge is 0.374 e. The number of carbonyl (C=O) groups is 1. The molecule has 0 radical (unpaired) electrons. The van der Waals surface area contributed by atoms with Crippen molar-refractivity contribution in [3.05, 3.63) is 35.4 Å². The van der Waals surface area contributed by atoms with E-state index in [4.69, 9.17) is 9.47 Å². The Morgan fingerprint density at radius 2 is 1.91 bits per heavy atom. The molecular weight excluding hydrogens is 278 g/mol. The van der Waals surface area contributed by atoms with Gasteiger partial charge in [-0.2, -0.15) is 0 Å². The molecule has 0 bridgehead atoms. The number of hydrogen-bond donors (Lipinski definition) is 1. The van der Waals surface area contributed by atoms with Crippen molar-refractivity contribution in [3.8, 4) is 11.8 Å². The molecule has 1 aromatic rings. The Bertz CT molecular complexity index is 499. The van der Waals surface area contributed by atoms with Crippen LogP contribution in [0.4, 0.5) is 0 Å². The third-order valence-electron chi connectivity index (χ3n) is 3.13. The van der Waals surface area contributed by atoms with Gasteiger partial charge in [0.25, 0.3) is 0 Å². The maximum absolute atomic E-state index is 10.6. The van der Waals surface area contributed by atoms with E-state index in [2.05, 4.69) is 36.2 Å². The van der Waals surface area contributed by atoms with Crippen LogP contribution in [-0.2, 0) is 14.3 Å². The van der Waals surface area contributed by atoms with Gasteiger partial charge in [0.2, 0.25) is 0 Å². The molecule has 1 atom stereocenters. The van der Waals surface area contributed by atoms with Gasteiger partial charge in [0.05, 0.1) is 6.61 Å². The van der Waals surface area contributed by atoms with Crippen molar-refractivity contribution >= 4 is 5.78 Å². The Labute approximate surface area is 133 Å². The molecule has 1 unspecified atom stereocenters. The van der Waals surface area contributed by atoms with Gasteiger partial charge < -0.3 is 14.8 Å². The molecule has 0 aliphatic carbocycles. The standard InChI is InChI=1S/C18H25NO3/c1-15(20)14-22-13-5-12-21-11-4-6-17-7-9-18(10-8-17)16(2)19-3/h7-10,16,19H,5,11-14H2,1-3H3. The quantitative estimate of drug-likeness (QED) is 0.562. The van der Waals surface area contributed by atoms with Gasteiger partial charge in [-0.25, -0.2) is 0 Å². The predicted octanol–water partition coefficient (Wildman–Crippen LogP) is 2.33. The van der Waals surface area contributed by atoms with Crippen molar-refractivity contribution in [2.75, 3.05) is 33.5 Å². The number of benzene rings is 1. The molecule has 0 saturated carbocycles. The summed E-state index contributed by atoms with van der Waals surface area (Å²) in [5.74, 6) is 6.11. The van der Waals surface area contributed by atoms with Crippen molar-refractivity contribution in [2.24, 2.45) is 0 Å². The second kappa shape index (κ2) is 11.0. The van der Waals surface area contributed by atoms with Crippen LogP contribution in [0, 0.1) is 11.8 Å². The van der Waals surface area contributed by atoms with E-state index in [1.807, 2.05) is 19.2 Å². The van der Waals surface area contributed by atoms with Crippen LogP contribution in [0.5, 0.6) is 0 Å². The summed E-state index contributed by atoms with van der Waals surface area (Å²) in [4.78, 5) is 10.6. The molecule has 120 valence electrons. The maximum atomic E-state index is 10.6. The molecule has 1 rings (SSSR count). The number of carbonyl (C=O) groups excluding carboxylic acids is 1. The van der Waals surface area contributed by atoms with Crippen molar-refractivity contribution in [2.45, 2.75) is 26.3 Å². The molecule has 1 N–H and O–H groups in total. The first-order valence-electron chi connectivity index (χ1n) is 7.54. The summed E-state index contributed by atoms with van der Waals surface area (Å²) in [5, 5.41) is 3.20. The minimum Gasteiger partial charge on any atom is -0.374 e. The maximum Gasteiger partial charge on any atom is 0.155 e. The summed E-state index contributed by atoms with van der Waals surface area (Å²) in [5.41, 5.74) is 2.23. The number of ether oxygens (including phenoxy) is 2. The van der Waals surface area contributed by atoms with Gasteiger partial charge in [0.1, 0.15) is 13.2 Å². The second-order valence-electron chi connectivity index (χ2n) is 5.09. The lowest BCUT2D eigenvalue weighted by molar-refractivity contribution is -0.121. The Morgan fingerprint density at radius 3 is 2.55 bits per heavy atom. The van der Waals surface area contributed by atoms with Crippen LogP contribution >= 0.6 is 0 Å². The third-order valence-corrected chi connectivity index (χ3v) is 3.13. The molecule has 0 fully saturated rings. The van der Waals surface area contributed by atoms with Gasteiger partial charge in [-0.1, -0.05) is 24.0 Å². The highest BCUT2D eigenvalue weighted by molar-refractivity contribution is 5.76. The van der Waals surface area contributed by atoms with E-state index in [-0.39, 0.29) is 12.4 Å². The van der Waals surface area contributed by atoms with E-state index in [9.17, 15) is 4.79 Å². The van der Waals surface area contributed by atoms with Crippen LogP contribution in [-0.4, -0.2) is 39.3 Å². The molecule has 4 heteroatoms. The van der Waals surface area contributed by atoms with E-state index in [1.54, 1.807) is 0 Å². The normalized spacial score (nSPS) is 11.6. The molecule has 0 saturated heterocycles. The Balaban J connectivity index is 2.18. The number of hydrogen-bond acceptors (Lipinski definition) is 4. The average molecular weight is 303 g/mol. The van der Waals surface area contributed by atoms with Crippen molar-refractivity contribution < 1.29 is 14.3 Å². The minimum absolute atomic E-state index is 0.0434. The van der Waals surface area contributed by atoms with E-state index >= 15 is 0 Å². The van der Waals surface area contributed by atoms with Crippen LogP contribution in [0.15, 0.2) is 24.3 Å². The van der Waals surface area contributed by atoms with E-state index in [1.165, 1.54) is 12.5 Å².